The van der Waals surface area contributed by atoms with Crippen molar-refractivity contribution in [3.8, 4) is 0 Å². The van der Waals surface area contributed by atoms with Crippen molar-refractivity contribution in [3.63, 3.8) is 0 Å². The van der Waals surface area contributed by atoms with Crippen molar-refractivity contribution in [2.45, 2.75) is 6.61 Å². The van der Waals surface area contributed by atoms with Gasteiger partial charge in [0.15, 0.2) is 0 Å². The molecule has 5 heteroatoms. The Morgan fingerprint density at radius 2 is 2.17 bits per heavy atom. The summed E-state index contributed by atoms with van der Waals surface area (Å²) >= 11 is 0. The van der Waals surface area contributed by atoms with Crippen LogP contribution in [0, 0.1) is 0 Å². The van der Waals surface area contributed by atoms with E-state index < -0.39 is 5.97 Å². The Morgan fingerprint density at radius 1 is 1.33 bits per heavy atom. The van der Waals surface area contributed by atoms with Gasteiger partial charge in [0.25, 0.3) is 0 Å². The molecule has 0 aliphatic heterocycles. The largest absolute Gasteiger partial charge is 0.475 e. The van der Waals surface area contributed by atoms with Crippen LogP contribution in [0.15, 0.2) is 28.7 Å². The molecule has 0 spiro atoms. The molecule has 96 valence electrons. The van der Waals surface area contributed by atoms with E-state index in [1.54, 1.807) is 13.2 Å². The second-order valence-electron chi connectivity index (χ2n) is 3.83. The Balaban J connectivity index is 2.09. The van der Waals surface area contributed by atoms with Gasteiger partial charge in [0, 0.05) is 12.5 Å². The molecule has 0 saturated heterocycles. The Labute approximate surface area is 104 Å². The zero-order valence-electron chi connectivity index (χ0n) is 10.0. The number of carboxylic acid groups (broad SMARTS) is 1. The van der Waals surface area contributed by atoms with Crippen LogP contribution in [0.25, 0.3) is 11.0 Å². The lowest BCUT2D eigenvalue weighted by molar-refractivity contribution is 0.0617. The number of methoxy groups -OCH3 is 1. The number of rotatable bonds is 6. The molecule has 0 unspecified atom stereocenters. The highest BCUT2D eigenvalue weighted by molar-refractivity contribution is 5.91. The van der Waals surface area contributed by atoms with Crippen LogP contribution in [0.3, 0.4) is 0 Å². The molecule has 1 aromatic carbocycles. The highest BCUT2D eigenvalue weighted by Gasteiger charge is 2.10. The van der Waals surface area contributed by atoms with E-state index in [0.717, 1.165) is 10.9 Å². The number of furan rings is 1. The zero-order valence-corrected chi connectivity index (χ0v) is 10.0. The molecule has 0 amide bonds. The van der Waals surface area contributed by atoms with Gasteiger partial charge in [-0.05, 0) is 23.8 Å². The first-order valence-corrected chi connectivity index (χ1v) is 5.53. The summed E-state index contributed by atoms with van der Waals surface area (Å²) in [5, 5.41) is 9.59. The number of ether oxygens (including phenoxy) is 2. The van der Waals surface area contributed by atoms with Crippen LogP contribution in [0.2, 0.25) is 0 Å². The molecule has 0 aliphatic rings. The molecule has 0 saturated carbocycles. The second kappa shape index (κ2) is 5.66. The lowest BCUT2D eigenvalue weighted by atomic mass is 10.2. The molecule has 2 rings (SSSR count). The average Bonchev–Trinajstić information content (AvgIpc) is 2.78. The third-order valence-corrected chi connectivity index (χ3v) is 2.49. The molecule has 0 fully saturated rings. The number of fused-ring (bicyclic) bond motifs is 1. The van der Waals surface area contributed by atoms with Crippen molar-refractivity contribution in [3.05, 3.63) is 35.6 Å². The third-order valence-electron chi connectivity index (χ3n) is 2.49. The topological polar surface area (TPSA) is 68.9 Å². The van der Waals surface area contributed by atoms with E-state index in [9.17, 15) is 4.79 Å². The van der Waals surface area contributed by atoms with E-state index in [4.69, 9.17) is 19.0 Å². The Bertz CT molecular complexity index is 543. The fourth-order valence-corrected chi connectivity index (χ4v) is 1.62. The van der Waals surface area contributed by atoms with Gasteiger partial charge in [-0.25, -0.2) is 4.79 Å². The molecule has 18 heavy (non-hydrogen) atoms. The van der Waals surface area contributed by atoms with E-state index in [1.807, 2.05) is 12.1 Å². The van der Waals surface area contributed by atoms with Crippen LogP contribution in [-0.2, 0) is 16.1 Å². The van der Waals surface area contributed by atoms with E-state index in [0.29, 0.717) is 25.4 Å². The van der Waals surface area contributed by atoms with E-state index in [2.05, 4.69) is 0 Å². The maximum Gasteiger partial charge on any atom is 0.371 e. The van der Waals surface area contributed by atoms with E-state index >= 15 is 0 Å². The molecule has 0 bridgehead atoms. The molecule has 2 aromatic rings. The van der Waals surface area contributed by atoms with Crippen molar-refractivity contribution >= 4 is 16.9 Å². The number of aromatic carboxylic acids is 1. The molecular weight excluding hydrogens is 236 g/mol. The monoisotopic (exact) mass is 250 g/mol. The summed E-state index contributed by atoms with van der Waals surface area (Å²) in [5.41, 5.74) is 1.53. The van der Waals surface area contributed by atoms with Crippen molar-refractivity contribution in [1.29, 1.82) is 0 Å². The normalized spacial score (nSPS) is 10.9. The number of carboxylic acids is 1. The lowest BCUT2D eigenvalue weighted by Crippen LogP contribution is -2.01. The quantitative estimate of drug-likeness (QED) is 0.796. The molecule has 1 heterocycles. The highest BCUT2D eigenvalue weighted by Crippen LogP contribution is 2.21. The summed E-state index contributed by atoms with van der Waals surface area (Å²) in [6.45, 7) is 1.55. The summed E-state index contributed by atoms with van der Waals surface area (Å²) in [6.07, 6.45) is 0. The fourth-order valence-electron chi connectivity index (χ4n) is 1.62. The van der Waals surface area contributed by atoms with Gasteiger partial charge in [0.1, 0.15) is 5.58 Å². The minimum Gasteiger partial charge on any atom is -0.475 e. The molecule has 1 N–H and O–H groups in total. The van der Waals surface area contributed by atoms with Crippen LogP contribution < -0.4 is 0 Å². The first-order chi connectivity index (χ1) is 8.70. The average molecular weight is 250 g/mol. The Kier molecular flexibility index (Phi) is 3.96. The third kappa shape index (κ3) is 2.88. The van der Waals surface area contributed by atoms with Gasteiger partial charge < -0.3 is 19.0 Å². The van der Waals surface area contributed by atoms with Crippen LogP contribution >= 0.6 is 0 Å². The standard InChI is InChI=1S/C13H14O5/c1-16-4-5-17-8-9-2-3-11-10(6-9)7-12(18-11)13(14)15/h2-3,6-7H,4-5,8H2,1H3,(H,14,15). The number of hydrogen-bond acceptors (Lipinski definition) is 4. The molecule has 0 radical (unpaired) electrons. The van der Waals surface area contributed by atoms with Crippen molar-refractivity contribution in [1.82, 2.24) is 0 Å². The van der Waals surface area contributed by atoms with Crippen LogP contribution in [0.4, 0.5) is 0 Å². The van der Waals surface area contributed by atoms with Gasteiger partial charge in [-0.2, -0.15) is 0 Å². The smallest absolute Gasteiger partial charge is 0.371 e. The minimum atomic E-state index is -1.07. The van der Waals surface area contributed by atoms with Gasteiger partial charge in [0.2, 0.25) is 5.76 Å². The van der Waals surface area contributed by atoms with Crippen molar-refractivity contribution in [2.24, 2.45) is 0 Å². The van der Waals surface area contributed by atoms with Crippen molar-refractivity contribution in [2.75, 3.05) is 20.3 Å². The Morgan fingerprint density at radius 3 is 2.89 bits per heavy atom. The summed E-state index contributed by atoms with van der Waals surface area (Å²) < 4.78 is 15.4. The minimum absolute atomic E-state index is 0.0533. The van der Waals surface area contributed by atoms with E-state index in [1.165, 1.54) is 6.07 Å². The van der Waals surface area contributed by atoms with Crippen LogP contribution in [0.5, 0.6) is 0 Å². The predicted octanol–water partition coefficient (Wildman–Crippen LogP) is 2.29. The highest BCUT2D eigenvalue weighted by atomic mass is 16.5. The summed E-state index contributed by atoms with van der Waals surface area (Å²) in [6, 6.07) is 6.97. The molecule has 0 atom stereocenters. The number of benzene rings is 1. The number of carbonyl (C=O) groups is 1. The zero-order chi connectivity index (χ0) is 13.0. The summed E-state index contributed by atoms with van der Waals surface area (Å²) in [5.74, 6) is -1.12. The van der Waals surface area contributed by atoms with E-state index in [-0.39, 0.29) is 5.76 Å². The van der Waals surface area contributed by atoms with Crippen molar-refractivity contribution < 1.29 is 23.8 Å². The van der Waals surface area contributed by atoms with Gasteiger partial charge in [-0.1, -0.05) is 6.07 Å². The first kappa shape index (κ1) is 12.6. The SMILES string of the molecule is COCCOCc1ccc2oc(C(=O)O)cc2c1. The first-order valence-electron chi connectivity index (χ1n) is 5.53. The maximum atomic E-state index is 10.8. The van der Waals surface area contributed by atoms with Gasteiger partial charge in [0.05, 0.1) is 19.8 Å². The Hall–Kier alpha value is -1.85. The molecular formula is C13H14O5. The second-order valence-corrected chi connectivity index (χ2v) is 3.83. The maximum absolute atomic E-state index is 10.8. The summed E-state index contributed by atoms with van der Waals surface area (Å²) in [4.78, 5) is 10.8. The molecule has 1 aromatic heterocycles. The van der Waals surface area contributed by atoms with Gasteiger partial charge >= 0.3 is 5.97 Å². The molecule has 0 aliphatic carbocycles. The predicted molar refractivity (Wildman–Crippen MR) is 64.7 cm³/mol. The van der Waals surface area contributed by atoms with Crippen LogP contribution in [-0.4, -0.2) is 31.4 Å². The fraction of sp³-hybridized carbons (Fsp3) is 0.308. The summed E-state index contributed by atoms with van der Waals surface area (Å²) in [7, 11) is 1.62. The van der Waals surface area contributed by atoms with Gasteiger partial charge in [-0.3, -0.25) is 0 Å². The van der Waals surface area contributed by atoms with Gasteiger partial charge in [-0.15, -0.1) is 0 Å². The molecule has 5 nitrogen and oxygen atoms in total. The number of hydrogen-bond donors (Lipinski definition) is 1. The lowest BCUT2D eigenvalue weighted by Gasteiger charge is -2.03. The van der Waals surface area contributed by atoms with Crippen LogP contribution in [0.1, 0.15) is 16.1 Å².